The molecular formula is C21H12ClFN2O4. The third-order valence-electron chi connectivity index (χ3n) is 4.21. The van der Waals surface area contributed by atoms with E-state index >= 15 is 0 Å². The number of nitrogens with zero attached hydrogens (tertiary/aromatic N) is 1. The number of hydrogen-bond donors (Lipinski definition) is 1. The van der Waals surface area contributed by atoms with Gasteiger partial charge in [0, 0.05) is 10.6 Å². The van der Waals surface area contributed by atoms with Crippen LogP contribution in [0.5, 0.6) is 0 Å². The molecular weight excluding hydrogens is 399 g/mol. The van der Waals surface area contributed by atoms with Crippen LogP contribution >= 0.6 is 11.6 Å². The molecule has 0 spiro atoms. The maximum absolute atomic E-state index is 13.1. The smallest absolute Gasteiger partial charge is 0.335 e. The van der Waals surface area contributed by atoms with Crippen LogP contribution in [0.2, 0.25) is 5.02 Å². The second kappa shape index (κ2) is 7.37. The predicted octanol–water partition coefficient (Wildman–Crippen LogP) is 4.41. The number of benzene rings is 2. The lowest BCUT2D eigenvalue weighted by Gasteiger charge is -2.26. The molecule has 0 atom stereocenters. The zero-order valence-corrected chi connectivity index (χ0v) is 15.4. The number of anilines is 1. The summed E-state index contributed by atoms with van der Waals surface area (Å²) in [5.74, 6) is -1.36. The first-order chi connectivity index (χ1) is 13.9. The first kappa shape index (κ1) is 18.6. The lowest BCUT2D eigenvalue weighted by atomic mass is 10.1. The molecule has 6 nitrogen and oxygen atoms in total. The van der Waals surface area contributed by atoms with Crippen molar-refractivity contribution in [3.8, 4) is 11.3 Å². The highest BCUT2D eigenvalue weighted by Crippen LogP contribution is 2.27. The summed E-state index contributed by atoms with van der Waals surface area (Å²) in [5.41, 5.74) is 0.584. The van der Waals surface area contributed by atoms with Crippen LogP contribution in [0.25, 0.3) is 17.4 Å². The lowest BCUT2D eigenvalue weighted by molar-refractivity contribution is -0.122. The highest BCUT2D eigenvalue weighted by atomic mass is 35.5. The molecule has 2 aromatic carbocycles. The standard InChI is InChI=1S/C21H12ClFN2O4/c22-13-2-1-3-15(10-13)25-20(27)17(19(26)24-21(25)28)11-16-8-9-18(29-16)12-4-6-14(23)7-5-12/h1-11H,(H,24,26,28). The van der Waals surface area contributed by atoms with Gasteiger partial charge in [0.15, 0.2) is 0 Å². The van der Waals surface area contributed by atoms with E-state index in [2.05, 4.69) is 5.32 Å². The van der Waals surface area contributed by atoms with E-state index in [-0.39, 0.29) is 22.8 Å². The van der Waals surface area contributed by atoms with Crippen molar-refractivity contribution in [1.82, 2.24) is 5.32 Å². The van der Waals surface area contributed by atoms with Crippen molar-refractivity contribution in [1.29, 1.82) is 0 Å². The molecule has 1 aromatic heterocycles. The average Bonchev–Trinajstić information content (AvgIpc) is 3.14. The number of hydrogen-bond acceptors (Lipinski definition) is 4. The van der Waals surface area contributed by atoms with Crippen LogP contribution < -0.4 is 10.2 Å². The molecule has 1 saturated heterocycles. The van der Waals surface area contributed by atoms with Crippen molar-refractivity contribution in [2.45, 2.75) is 0 Å². The van der Waals surface area contributed by atoms with Crippen LogP contribution in [-0.2, 0) is 9.59 Å². The summed E-state index contributed by atoms with van der Waals surface area (Å²) in [7, 11) is 0. The second-order valence-electron chi connectivity index (χ2n) is 6.15. The molecule has 1 aliphatic heterocycles. The van der Waals surface area contributed by atoms with E-state index in [1.807, 2.05) is 0 Å². The summed E-state index contributed by atoms with van der Waals surface area (Å²) < 4.78 is 18.7. The average molecular weight is 411 g/mol. The van der Waals surface area contributed by atoms with Gasteiger partial charge in [-0.3, -0.25) is 14.9 Å². The summed E-state index contributed by atoms with van der Waals surface area (Å²) in [4.78, 5) is 38.1. The molecule has 0 aliphatic carbocycles. The summed E-state index contributed by atoms with van der Waals surface area (Å²) >= 11 is 5.94. The zero-order chi connectivity index (χ0) is 20.5. The summed E-state index contributed by atoms with van der Waals surface area (Å²) in [6.07, 6.45) is 1.24. The minimum atomic E-state index is -0.870. The lowest BCUT2D eigenvalue weighted by Crippen LogP contribution is -2.54. The molecule has 8 heteroatoms. The van der Waals surface area contributed by atoms with Gasteiger partial charge in [0.1, 0.15) is 22.9 Å². The van der Waals surface area contributed by atoms with Gasteiger partial charge in [0.2, 0.25) is 0 Å². The fourth-order valence-corrected chi connectivity index (χ4v) is 3.03. The van der Waals surface area contributed by atoms with Gasteiger partial charge >= 0.3 is 6.03 Å². The van der Waals surface area contributed by atoms with Crippen molar-refractivity contribution < 1.29 is 23.2 Å². The second-order valence-corrected chi connectivity index (χ2v) is 6.58. The molecule has 1 aliphatic rings. The van der Waals surface area contributed by atoms with Gasteiger partial charge in [0.05, 0.1) is 5.69 Å². The third-order valence-corrected chi connectivity index (χ3v) is 4.45. The Balaban J connectivity index is 1.67. The molecule has 29 heavy (non-hydrogen) atoms. The molecule has 4 amide bonds. The Labute approximate surface area is 169 Å². The predicted molar refractivity (Wildman–Crippen MR) is 105 cm³/mol. The van der Waals surface area contributed by atoms with Crippen molar-refractivity contribution in [3.63, 3.8) is 0 Å². The Morgan fingerprint density at radius 3 is 2.48 bits per heavy atom. The molecule has 0 bridgehead atoms. The van der Waals surface area contributed by atoms with E-state index in [0.717, 1.165) is 4.90 Å². The zero-order valence-electron chi connectivity index (χ0n) is 14.7. The quantitative estimate of drug-likeness (QED) is 0.512. The monoisotopic (exact) mass is 410 g/mol. The Morgan fingerprint density at radius 1 is 1.00 bits per heavy atom. The molecule has 1 fully saturated rings. The number of imide groups is 2. The first-order valence-corrected chi connectivity index (χ1v) is 8.83. The van der Waals surface area contributed by atoms with E-state index < -0.39 is 17.8 Å². The molecule has 1 N–H and O–H groups in total. The van der Waals surface area contributed by atoms with Gasteiger partial charge in [-0.1, -0.05) is 17.7 Å². The van der Waals surface area contributed by atoms with Gasteiger partial charge in [0.25, 0.3) is 11.8 Å². The first-order valence-electron chi connectivity index (χ1n) is 8.45. The minimum Gasteiger partial charge on any atom is -0.457 e. The molecule has 2 heterocycles. The summed E-state index contributed by atoms with van der Waals surface area (Å²) in [6.45, 7) is 0. The number of barbiturate groups is 1. The van der Waals surface area contributed by atoms with Gasteiger partial charge in [-0.2, -0.15) is 0 Å². The van der Waals surface area contributed by atoms with Crippen LogP contribution in [-0.4, -0.2) is 17.8 Å². The number of carbonyl (C=O) groups excluding carboxylic acids is 3. The number of rotatable bonds is 3. The van der Waals surface area contributed by atoms with E-state index in [1.165, 1.54) is 30.3 Å². The molecule has 0 saturated carbocycles. The highest BCUT2D eigenvalue weighted by molar-refractivity contribution is 6.39. The number of furan rings is 1. The van der Waals surface area contributed by atoms with E-state index in [1.54, 1.807) is 36.4 Å². The summed E-state index contributed by atoms with van der Waals surface area (Å²) in [5, 5.41) is 2.46. The Morgan fingerprint density at radius 2 is 1.76 bits per heavy atom. The van der Waals surface area contributed by atoms with Crippen molar-refractivity contribution in [2.24, 2.45) is 0 Å². The van der Waals surface area contributed by atoms with Crippen LogP contribution in [0.4, 0.5) is 14.9 Å². The van der Waals surface area contributed by atoms with Crippen LogP contribution in [0.15, 0.2) is 70.7 Å². The van der Waals surface area contributed by atoms with E-state index in [0.29, 0.717) is 16.3 Å². The Bertz CT molecular complexity index is 1170. The van der Waals surface area contributed by atoms with Crippen LogP contribution in [0, 0.1) is 5.82 Å². The SMILES string of the molecule is O=C1NC(=O)N(c2cccc(Cl)c2)C(=O)C1=Cc1ccc(-c2ccc(F)cc2)o1. The highest BCUT2D eigenvalue weighted by Gasteiger charge is 2.37. The molecule has 4 rings (SSSR count). The number of urea groups is 1. The number of nitrogens with one attached hydrogen (secondary N) is 1. The van der Waals surface area contributed by atoms with Gasteiger partial charge in [-0.05, 0) is 60.7 Å². The van der Waals surface area contributed by atoms with Crippen molar-refractivity contribution in [3.05, 3.63) is 82.8 Å². The normalized spacial score (nSPS) is 15.7. The Hall–Kier alpha value is -3.71. The summed E-state index contributed by atoms with van der Waals surface area (Å²) in [6, 6.07) is 14.1. The Kier molecular flexibility index (Phi) is 4.74. The van der Waals surface area contributed by atoms with Crippen LogP contribution in [0.3, 0.4) is 0 Å². The largest absolute Gasteiger partial charge is 0.457 e. The topological polar surface area (TPSA) is 79.6 Å². The molecule has 144 valence electrons. The van der Waals surface area contributed by atoms with Gasteiger partial charge in [-0.15, -0.1) is 0 Å². The number of amides is 4. The van der Waals surface area contributed by atoms with Crippen molar-refractivity contribution in [2.75, 3.05) is 4.90 Å². The van der Waals surface area contributed by atoms with Crippen LogP contribution in [0.1, 0.15) is 5.76 Å². The number of halogens is 2. The fraction of sp³-hybridized carbons (Fsp3) is 0. The minimum absolute atomic E-state index is 0.225. The third kappa shape index (κ3) is 3.68. The van der Waals surface area contributed by atoms with Crippen molar-refractivity contribution >= 4 is 41.2 Å². The van der Waals surface area contributed by atoms with E-state index in [9.17, 15) is 18.8 Å². The molecule has 0 unspecified atom stereocenters. The van der Waals surface area contributed by atoms with E-state index in [4.69, 9.17) is 16.0 Å². The number of carbonyl (C=O) groups is 3. The maximum atomic E-state index is 13.1. The van der Waals surface area contributed by atoms with Gasteiger partial charge in [-0.25, -0.2) is 14.1 Å². The fourth-order valence-electron chi connectivity index (χ4n) is 2.85. The van der Waals surface area contributed by atoms with Gasteiger partial charge < -0.3 is 4.42 Å². The molecule has 3 aromatic rings. The maximum Gasteiger partial charge on any atom is 0.335 e. The molecule has 0 radical (unpaired) electrons.